The summed E-state index contributed by atoms with van der Waals surface area (Å²) in [5.74, 6) is 0.711. The number of aromatic nitrogens is 1. The molecule has 2 rings (SSSR count). The Morgan fingerprint density at radius 1 is 1.33 bits per heavy atom. The largest absolute Gasteiger partial charge is 0.345 e. The van der Waals surface area contributed by atoms with Gasteiger partial charge in [0.1, 0.15) is 0 Å². The van der Waals surface area contributed by atoms with Gasteiger partial charge in [-0.05, 0) is 25.2 Å². The smallest absolute Gasteiger partial charge is 0.186 e. The number of rotatable bonds is 7. The predicted octanol–water partition coefficient (Wildman–Crippen LogP) is 4.22. The lowest BCUT2D eigenvalue weighted by molar-refractivity contribution is 0.491. The summed E-state index contributed by atoms with van der Waals surface area (Å²) in [5.41, 5.74) is 1.32. The lowest BCUT2D eigenvalue weighted by Crippen LogP contribution is -2.33. The van der Waals surface area contributed by atoms with Crippen molar-refractivity contribution in [3.05, 3.63) is 10.6 Å². The van der Waals surface area contributed by atoms with Crippen molar-refractivity contribution in [3.8, 4) is 0 Å². The van der Waals surface area contributed by atoms with E-state index in [0.29, 0.717) is 18.0 Å². The third kappa shape index (κ3) is 4.19. The molecule has 1 aromatic rings. The molecule has 21 heavy (non-hydrogen) atoms. The molecule has 1 N–H and O–H groups in total. The first-order chi connectivity index (χ1) is 10.0. The van der Waals surface area contributed by atoms with Gasteiger partial charge in [0.2, 0.25) is 0 Å². The van der Waals surface area contributed by atoms with Crippen molar-refractivity contribution >= 4 is 16.5 Å². The van der Waals surface area contributed by atoms with Crippen LogP contribution < -0.4 is 10.2 Å². The summed E-state index contributed by atoms with van der Waals surface area (Å²) < 4.78 is 0. The fourth-order valence-corrected chi connectivity index (χ4v) is 4.22. The third-order valence-electron chi connectivity index (χ3n) is 4.24. The highest BCUT2D eigenvalue weighted by atomic mass is 32.1. The quantitative estimate of drug-likeness (QED) is 0.817. The van der Waals surface area contributed by atoms with E-state index in [2.05, 4.69) is 44.8 Å². The van der Waals surface area contributed by atoms with Crippen LogP contribution >= 0.6 is 11.3 Å². The number of nitrogens with zero attached hydrogens (tertiary/aromatic N) is 2. The Labute approximate surface area is 134 Å². The van der Waals surface area contributed by atoms with Crippen LogP contribution in [0, 0.1) is 5.92 Å². The molecule has 0 amide bonds. The van der Waals surface area contributed by atoms with Gasteiger partial charge in [-0.3, -0.25) is 0 Å². The molecule has 120 valence electrons. The Morgan fingerprint density at radius 3 is 2.71 bits per heavy atom. The van der Waals surface area contributed by atoms with E-state index in [9.17, 15) is 0 Å². The molecule has 2 heterocycles. The van der Waals surface area contributed by atoms with Gasteiger partial charge in [0, 0.05) is 30.1 Å². The van der Waals surface area contributed by atoms with Crippen LogP contribution in [0.1, 0.15) is 64.5 Å². The van der Waals surface area contributed by atoms with Crippen LogP contribution in [-0.2, 0) is 13.0 Å². The van der Waals surface area contributed by atoms with E-state index in [0.717, 1.165) is 13.0 Å². The van der Waals surface area contributed by atoms with Gasteiger partial charge in [0.15, 0.2) is 5.13 Å². The third-order valence-corrected chi connectivity index (χ3v) is 5.37. The number of nitrogens with one attached hydrogen (secondary N) is 1. The van der Waals surface area contributed by atoms with Crippen molar-refractivity contribution in [1.82, 2.24) is 10.3 Å². The molecule has 1 saturated heterocycles. The van der Waals surface area contributed by atoms with Gasteiger partial charge >= 0.3 is 0 Å². The second-order valence-corrected chi connectivity index (χ2v) is 7.86. The Kier molecular flexibility index (Phi) is 6.06. The number of aryl methyl sites for hydroxylation is 1. The van der Waals surface area contributed by atoms with Gasteiger partial charge in [0.25, 0.3) is 0 Å². The highest BCUT2D eigenvalue weighted by Gasteiger charge is 2.29. The first-order valence-corrected chi connectivity index (χ1v) is 9.33. The molecular formula is C17H31N3S. The maximum absolute atomic E-state index is 5.00. The molecule has 1 aliphatic rings. The summed E-state index contributed by atoms with van der Waals surface area (Å²) in [6.45, 7) is 13.5. The Morgan fingerprint density at radius 2 is 2.10 bits per heavy atom. The number of hydrogen-bond acceptors (Lipinski definition) is 4. The van der Waals surface area contributed by atoms with Crippen molar-refractivity contribution in [3.63, 3.8) is 0 Å². The lowest BCUT2D eigenvalue weighted by Gasteiger charge is -2.27. The van der Waals surface area contributed by atoms with Crippen molar-refractivity contribution in [2.75, 3.05) is 11.4 Å². The maximum atomic E-state index is 5.00. The molecule has 0 saturated carbocycles. The van der Waals surface area contributed by atoms with Gasteiger partial charge < -0.3 is 10.2 Å². The monoisotopic (exact) mass is 309 g/mol. The van der Waals surface area contributed by atoms with Crippen LogP contribution in [0.15, 0.2) is 0 Å². The highest BCUT2D eigenvalue weighted by molar-refractivity contribution is 7.15. The van der Waals surface area contributed by atoms with E-state index < -0.39 is 0 Å². The van der Waals surface area contributed by atoms with Crippen LogP contribution in [0.3, 0.4) is 0 Å². The van der Waals surface area contributed by atoms with E-state index in [1.165, 1.54) is 41.5 Å². The first kappa shape index (κ1) is 16.8. The average molecular weight is 310 g/mol. The standard InChI is InChI=1S/C17H31N3S/c1-6-8-14-16(11-18-13(4)5)21-17(19-14)20-10-7-9-15(20)12(2)3/h12-13,15,18H,6-11H2,1-5H3. The number of hydrogen-bond donors (Lipinski definition) is 1. The summed E-state index contributed by atoms with van der Waals surface area (Å²) in [7, 11) is 0. The Balaban J connectivity index is 2.17. The van der Waals surface area contributed by atoms with E-state index in [4.69, 9.17) is 4.98 Å². The molecule has 1 atom stereocenters. The summed E-state index contributed by atoms with van der Waals surface area (Å²) in [4.78, 5) is 9.00. The SMILES string of the molecule is CCCc1nc(N2CCCC2C(C)C)sc1CNC(C)C. The highest BCUT2D eigenvalue weighted by Crippen LogP contribution is 2.34. The Hall–Kier alpha value is -0.610. The number of anilines is 1. The second-order valence-electron chi connectivity index (χ2n) is 6.80. The zero-order chi connectivity index (χ0) is 15.4. The normalized spacial score (nSPS) is 19.2. The van der Waals surface area contributed by atoms with E-state index in [-0.39, 0.29) is 0 Å². The van der Waals surface area contributed by atoms with Crippen LogP contribution in [0.5, 0.6) is 0 Å². The minimum absolute atomic E-state index is 0.528. The minimum Gasteiger partial charge on any atom is -0.345 e. The zero-order valence-electron chi connectivity index (χ0n) is 14.3. The summed E-state index contributed by atoms with van der Waals surface area (Å²) >= 11 is 1.91. The summed E-state index contributed by atoms with van der Waals surface area (Å²) in [5, 5.41) is 4.81. The van der Waals surface area contributed by atoms with Crippen molar-refractivity contribution in [1.29, 1.82) is 0 Å². The lowest BCUT2D eigenvalue weighted by atomic mass is 10.0. The molecule has 0 spiro atoms. The molecule has 1 fully saturated rings. The predicted molar refractivity (Wildman–Crippen MR) is 93.3 cm³/mol. The molecular weight excluding hydrogens is 278 g/mol. The summed E-state index contributed by atoms with van der Waals surface area (Å²) in [6, 6.07) is 1.21. The molecule has 0 aliphatic carbocycles. The van der Waals surface area contributed by atoms with Gasteiger partial charge in [-0.1, -0.05) is 41.0 Å². The van der Waals surface area contributed by atoms with Crippen LogP contribution in [0.4, 0.5) is 5.13 Å². The molecule has 1 aromatic heterocycles. The first-order valence-electron chi connectivity index (χ1n) is 8.51. The van der Waals surface area contributed by atoms with Gasteiger partial charge in [-0.2, -0.15) is 0 Å². The van der Waals surface area contributed by atoms with E-state index in [1.807, 2.05) is 11.3 Å². The van der Waals surface area contributed by atoms with Crippen molar-refractivity contribution in [2.24, 2.45) is 5.92 Å². The molecule has 1 aliphatic heterocycles. The molecule has 0 bridgehead atoms. The summed E-state index contributed by atoms with van der Waals surface area (Å²) in [6.07, 6.45) is 4.91. The van der Waals surface area contributed by atoms with Crippen LogP contribution in [0.2, 0.25) is 0 Å². The average Bonchev–Trinajstić information content (AvgIpc) is 3.02. The van der Waals surface area contributed by atoms with Crippen LogP contribution in [0.25, 0.3) is 0 Å². The van der Waals surface area contributed by atoms with E-state index >= 15 is 0 Å². The second kappa shape index (κ2) is 7.59. The fourth-order valence-electron chi connectivity index (χ4n) is 3.08. The number of thiazole rings is 1. The molecule has 3 nitrogen and oxygen atoms in total. The van der Waals surface area contributed by atoms with Gasteiger partial charge in [0.05, 0.1) is 5.69 Å². The van der Waals surface area contributed by atoms with Gasteiger partial charge in [-0.15, -0.1) is 11.3 Å². The maximum Gasteiger partial charge on any atom is 0.186 e. The van der Waals surface area contributed by atoms with Crippen molar-refractivity contribution in [2.45, 2.75) is 78.9 Å². The molecule has 0 radical (unpaired) electrons. The van der Waals surface area contributed by atoms with Crippen molar-refractivity contribution < 1.29 is 0 Å². The minimum atomic E-state index is 0.528. The Bertz CT molecular complexity index is 439. The molecule has 0 aromatic carbocycles. The fraction of sp³-hybridized carbons (Fsp3) is 0.824. The van der Waals surface area contributed by atoms with Gasteiger partial charge in [-0.25, -0.2) is 4.98 Å². The molecule has 1 unspecified atom stereocenters. The van der Waals surface area contributed by atoms with Crippen LogP contribution in [-0.4, -0.2) is 23.6 Å². The topological polar surface area (TPSA) is 28.2 Å². The van der Waals surface area contributed by atoms with E-state index in [1.54, 1.807) is 0 Å². The molecule has 4 heteroatoms. The zero-order valence-corrected chi connectivity index (χ0v) is 15.1.